The number of nitrogens with two attached hydrogens (primary N) is 1. The summed E-state index contributed by atoms with van der Waals surface area (Å²) in [5.41, 5.74) is 7.09. The van der Waals surface area contributed by atoms with Crippen LogP contribution in [-0.2, 0) is 21.6 Å². The van der Waals surface area contributed by atoms with E-state index in [2.05, 4.69) is 25.8 Å². The molecule has 1 aromatic heterocycles. The zero-order valence-corrected chi connectivity index (χ0v) is 14.7. The predicted octanol–water partition coefficient (Wildman–Crippen LogP) is 2.58. The van der Waals surface area contributed by atoms with Crippen molar-refractivity contribution in [3.8, 4) is 0 Å². The summed E-state index contributed by atoms with van der Waals surface area (Å²) in [6, 6.07) is 10.5. The number of hydrogen-bond acceptors (Lipinski definition) is 5. The van der Waals surface area contributed by atoms with E-state index in [4.69, 9.17) is 10.8 Å². The minimum absolute atomic E-state index is 0.0123. The third-order valence-corrected chi connectivity index (χ3v) is 4.88. The van der Waals surface area contributed by atoms with Crippen molar-refractivity contribution >= 4 is 28.8 Å². The maximum Gasteiger partial charge on any atom is 0.327 e. The van der Waals surface area contributed by atoms with Gasteiger partial charge in [0.15, 0.2) is 11.4 Å². The Bertz CT molecular complexity index is 697. The molecular formula is C17H21N3O3S. The number of benzene rings is 1. The van der Waals surface area contributed by atoms with E-state index in [1.807, 2.05) is 12.1 Å². The van der Waals surface area contributed by atoms with Crippen molar-refractivity contribution in [3.05, 3.63) is 48.2 Å². The highest BCUT2D eigenvalue weighted by atomic mass is 32.2. The number of aromatic nitrogens is 1. The first-order valence-corrected chi connectivity index (χ1v) is 8.52. The molecule has 0 spiro atoms. The third kappa shape index (κ3) is 4.39. The maximum absolute atomic E-state index is 12.8. The van der Waals surface area contributed by atoms with Crippen LogP contribution in [0.1, 0.15) is 26.3 Å². The van der Waals surface area contributed by atoms with E-state index < -0.39 is 23.9 Å². The molecule has 0 radical (unpaired) electrons. The highest BCUT2D eigenvalue weighted by Gasteiger charge is 2.26. The molecule has 0 aliphatic carbocycles. The highest BCUT2D eigenvalue weighted by Crippen LogP contribution is 2.27. The topological polar surface area (TPSA) is 103 Å². The number of rotatable bonds is 5. The molecule has 1 aromatic carbocycles. The van der Waals surface area contributed by atoms with Crippen molar-refractivity contribution in [2.45, 2.75) is 31.1 Å². The van der Waals surface area contributed by atoms with Gasteiger partial charge < -0.3 is 15.4 Å². The Morgan fingerprint density at radius 2 is 1.88 bits per heavy atom. The lowest BCUT2D eigenvalue weighted by Gasteiger charge is -2.25. The fourth-order valence-corrected chi connectivity index (χ4v) is 3.26. The maximum atomic E-state index is 12.8. The van der Waals surface area contributed by atoms with E-state index in [1.54, 1.807) is 24.3 Å². The second-order valence-electron chi connectivity index (χ2n) is 6.40. The average molecular weight is 347 g/mol. The summed E-state index contributed by atoms with van der Waals surface area (Å²) >= 11 is -1.66. The van der Waals surface area contributed by atoms with E-state index in [-0.39, 0.29) is 5.41 Å². The third-order valence-electron chi connectivity index (χ3n) is 3.46. The summed E-state index contributed by atoms with van der Waals surface area (Å²) in [4.78, 5) is 15.6. The molecule has 24 heavy (non-hydrogen) atoms. The van der Waals surface area contributed by atoms with Crippen molar-refractivity contribution in [2.24, 2.45) is 0 Å². The van der Waals surface area contributed by atoms with Crippen molar-refractivity contribution in [3.63, 3.8) is 0 Å². The molecule has 6 nitrogen and oxygen atoms in total. The second kappa shape index (κ2) is 7.11. The molecule has 2 aromatic rings. The van der Waals surface area contributed by atoms with E-state index >= 15 is 0 Å². The first kappa shape index (κ1) is 18.1. The van der Waals surface area contributed by atoms with Gasteiger partial charge in [0.1, 0.15) is 22.9 Å². The number of nitrogen functional groups attached to an aromatic ring is 1. The first-order chi connectivity index (χ1) is 11.2. The summed E-state index contributed by atoms with van der Waals surface area (Å²) in [5, 5.41) is 9.13. The van der Waals surface area contributed by atoms with Crippen molar-refractivity contribution in [1.29, 1.82) is 0 Å². The first-order valence-electron chi connectivity index (χ1n) is 7.42. The van der Waals surface area contributed by atoms with E-state index in [1.165, 1.54) is 10.5 Å². The molecule has 2 rings (SSSR count). The Kier molecular flexibility index (Phi) is 5.36. The average Bonchev–Trinajstić information content (AvgIpc) is 2.52. The molecule has 0 bridgehead atoms. The van der Waals surface area contributed by atoms with E-state index in [0.29, 0.717) is 16.4 Å². The zero-order chi connectivity index (χ0) is 17.9. The molecule has 3 N–H and O–H groups in total. The van der Waals surface area contributed by atoms with Gasteiger partial charge >= 0.3 is 5.97 Å². The molecule has 0 amide bonds. The number of carbonyl (C=O) groups is 1. The van der Waals surface area contributed by atoms with Gasteiger partial charge in [-0.25, -0.2) is 4.98 Å². The molecule has 7 heteroatoms. The van der Waals surface area contributed by atoms with Gasteiger partial charge in [-0.3, -0.25) is 4.79 Å². The van der Waals surface area contributed by atoms with Crippen LogP contribution in [0.5, 0.6) is 0 Å². The SMILES string of the molecule is CC(C)(C)c1ccc([S+]([O-])N(CC(=O)O)c2ccc(N)nc2)cc1. The standard InChI is InChI=1S/C17H21N3O3S/c1-17(2,3)12-4-7-14(8-5-12)24(23)20(11-16(21)22)13-6-9-15(18)19-10-13/h4-10H,11H2,1-3H3,(H2,18,19)(H,21,22). The minimum Gasteiger partial charge on any atom is -0.588 e. The highest BCUT2D eigenvalue weighted by molar-refractivity contribution is 7.92. The summed E-state index contributed by atoms with van der Waals surface area (Å²) in [6.07, 6.45) is 1.42. The molecule has 1 heterocycles. The van der Waals surface area contributed by atoms with Crippen LogP contribution in [0.3, 0.4) is 0 Å². The van der Waals surface area contributed by atoms with Gasteiger partial charge in [-0.05, 0) is 35.2 Å². The predicted molar refractivity (Wildman–Crippen MR) is 95.2 cm³/mol. The molecule has 128 valence electrons. The van der Waals surface area contributed by atoms with Gasteiger partial charge in [0, 0.05) is 0 Å². The van der Waals surface area contributed by atoms with Gasteiger partial charge in [-0.15, -0.1) is 0 Å². The molecule has 0 aliphatic rings. The summed E-state index contributed by atoms with van der Waals surface area (Å²) in [5.74, 6) is -0.763. The lowest BCUT2D eigenvalue weighted by atomic mass is 9.87. The lowest BCUT2D eigenvalue weighted by molar-refractivity contribution is -0.135. The number of hydrogen-bond donors (Lipinski definition) is 2. The normalized spacial score (nSPS) is 12.7. The molecule has 0 saturated carbocycles. The van der Waals surface area contributed by atoms with Crippen LogP contribution in [0, 0.1) is 0 Å². The number of carboxylic acid groups (broad SMARTS) is 1. The Hall–Kier alpha value is -2.25. The van der Waals surface area contributed by atoms with Gasteiger partial charge in [0.2, 0.25) is 0 Å². The lowest BCUT2D eigenvalue weighted by Crippen LogP contribution is -2.35. The van der Waals surface area contributed by atoms with Crippen molar-refractivity contribution in [1.82, 2.24) is 4.98 Å². The number of pyridine rings is 1. The van der Waals surface area contributed by atoms with Crippen LogP contribution in [0.15, 0.2) is 47.5 Å². The van der Waals surface area contributed by atoms with Crippen LogP contribution in [0.25, 0.3) is 0 Å². The van der Waals surface area contributed by atoms with Crippen LogP contribution >= 0.6 is 0 Å². The summed E-state index contributed by atoms with van der Waals surface area (Å²) in [7, 11) is 0. The van der Waals surface area contributed by atoms with Gasteiger partial charge in [-0.1, -0.05) is 32.9 Å². The summed E-state index contributed by atoms with van der Waals surface area (Å²) < 4.78 is 14.1. The van der Waals surface area contributed by atoms with Crippen LogP contribution in [0.4, 0.5) is 11.5 Å². The molecule has 0 fully saturated rings. The van der Waals surface area contributed by atoms with E-state index in [9.17, 15) is 9.35 Å². The molecule has 0 saturated heterocycles. The molecule has 1 atom stereocenters. The fourth-order valence-electron chi connectivity index (χ4n) is 2.11. The Labute approximate surface area is 144 Å². The van der Waals surface area contributed by atoms with Gasteiger partial charge in [0.25, 0.3) is 0 Å². The fraction of sp³-hybridized carbons (Fsp3) is 0.294. The molecule has 1 unspecified atom stereocenters. The Balaban J connectivity index is 2.32. The number of anilines is 2. The number of carboxylic acids is 1. The molecular weight excluding hydrogens is 326 g/mol. The minimum atomic E-state index is -1.66. The summed E-state index contributed by atoms with van der Waals surface area (Å²) in [6.45, 7) is 5.88. The zero-order valence-electron chi connectivity index (χ0n) is 13.9. The number of nitrogens with zero attached hydrogens (tertiary/aromatic N) is 2. The van der Waals surface area contributed by atoms with Crippen LogP contribution < -0.4 is 10.0 Å². The Morgan fingerprint density at radius 3 is 2.33 bits per heavy atom. The van der Waals surface area contributed by atoms with Crippen molar-refractivity contribution < 1.29 is 14.5 Å². The second-order valence-corrected chi connectivity index (χ2v) is 7.81. The van der Waals surface area contributed by atoms with Gasteiger partial charge in [0.05, 0.1) is 6.20 Å². The largest absolute Gasteiger partial charge is 0.588 e. The van der Waals surface area contributed by atoms with Crippen LogP contribution in [-0.4, -0.2) is 27.2 Å². The van der Waals surface area contributed by atoms with Crippen LogP contribution in [0.2, 0.25) is 0 Å². The van der Waals surface area contributed by atoms with Crippen molar-refractivity contribution in [2.75, 3.05) is 16.6 Å². The monoisotopic (exact) mass is 347 g/mol. The smallest absolute Gasteiger partial charge is 0.327 e. The van der Waals surface area contributed by atoms with Gasteiger partial charge in [-0.2, -0.15) is 4.31 Å². The number of aliphatic carboxylic acids is 1. The van der Waals surface area contributed by atoms with E-state index in [0.717, 1.165) is 5.56 Å². The Morgan fingerprint density at radius 1 is 1.25 bits per heavy atom. The molecule has 0 aliphatic heterocycles. The quantitative estimate of drug-likeness (QED) is 0.806.